The fourth-order valence-corrected chi connectivity index (χ4v) is 1.89. The van der Waals surface area contributed by atoms with Crippen molar-refractivity contribution in [3.05, 3.63) is 29.8 Å². The first kappa shape index (κ1) is 13.3. The molecule has 0 radical (unpaired) electrons. The van der Waals surface area contributed by atoms with Crippen LogP contribution >= 0.6 is 12.2 Å². The highest BCUT2D eigenvalue weighted by molar-refractivity contribution is 7.80. The summed E-state index contributed by atoms with van der Waals surface area (Å²) < 4.78 is 11.3. The average Bonchev–Trinajstić information content (AvgIpc) is 2.32. The van der Waals surface area contributed by atoms with Crippen LogP contribution in [0, 0.1) is 0 Å². The van der Waals surface area contributed by atoms with Crippen molar-refractivity contribution in [2.45, 2.75) is 31.8 Å². The van der Waals surface area contributed by atoms with Crippen molar-refractivity contribution in [2.75, 3.05) is 13.2 Å². The standard InChI is InChI=1S/C14H19NO2S/c15-14(18)11-5-7-13(8-6-11)17-10-2-9-16-12-3-1-4-12/h5-8,12H,1-4,9-10H2,(H2,15,18). The minimum atomic E-state index is 0.412. The van der Waals surface area contributed by atoms with Crippen LogP contribution in [0.25, 0.3) is 0 Å². The lowest BCUT2D eigenvalue weighted by molar-refractivity contribution is -0.00223. The van der Waals surface area contributed by atoms with E-state index < -0.39 is 0 Å². The smallest absolute Gasteiger partial charge is 0.119 e. The minimum Gasteiger partial charge on any atom is -0.494 e. The van der Waals surface area contributed by atoms with E-state index in [2.05, 4.69) is 0 Å². The molecule has 1 aromatic rings. The Kier molecular flexibility index (Phi) is 4.96. The van der Waals surface area contributed by atoms with Crippen LogP contribution in [-0.4, -0.2) is 24.3 Å². The molecule has 2 N–H and O–H groups in total. The quantitative estimate of drug-likeness (QED) is 0.608. The van der Waals surface area contributed by atoms with Crippen LogP contribution in [0.2, 0.25) is 0 Å². The topological polar surface area (TPSA) is 44.5 Å². The molecule has 1 aromatic carbocycles. The second kappa shape index (κ2) is 6.71. The van der Waals surface area contributed by atoms with Crippen molar-refractivity contribution in [1.82, 2.24) is 0 Å². The summed E-state index contributed by atoms with van der Waals surface area (Å²) in [5, 5.41) is 0. The maximum atomic E-state index is 5.65. The first-order chi connectivity index (χ1) is 8.75. The first-order valence-electron chi connectivity index (χ1n) is 6.40. The van der Waals surface area contributed by atoms with E-state index in [9.17, 15) is 0 Å². The summed E-state index contributed by atoms with van der Waals surface area (Å²) >= 11 is 4.89. The number of hydrogen-bond donors (Lipinski definition) is 1. The monoisotopic (exact) mass is 265 g/mol. The fourth-order valence-electron chi connectivity index (χ4n) is 1.75. The number of rotatable bonds is 7. The van der Waals surface area contributed by atoms with Gasteiger partial charge in [0.25, 0.3) is 0 Å². The van der Waals surface area contributed by atoms with Crippen LogP contribution in [-0.2, 0) is 4.74 Å². The van der Waals surface area contributed by atoms with Gasteiger partial charge in [-0.15, -0.1) is 0 Å². The molecule has 0 amide bonds. The molecular weight excluding hydrogens is 246 g/mol. The van der Waals surface area contributed by atoms with Crippen LogP contribution in [0.3, 0.4) is 0 Å². The third-order valence-corrected chi connectivity index (χ3v) is 3.34. The molecule has 0 bridgehead atoms. The average molecular weight is 265 g/mol. The first-order valence-corrected chi connectivity index (χ1v) is 6.81. The molecule has 18 heavy (non-hydrogen) atoms. The van der Waals surface area contributed by atoms with Gasteiger partial charge in [-0.3, -0.25) is 0 Å². The van der Waals surface area contributed by atoms with Gasteiger partial charge in [-0.05, 0) is 43.5 Å². The molecule has 0 aliphatic heterocycles. The molecule has 98 valence electrons. The summed E-state index contributed by atoms with van der Waals surface area (Å²) in [6.07, 6.45) is 5.20. The van der Waals surface area contributed by atoms with E-state index in [1.54, 1.807) is 0 Å². The summed E-state index contributed by atoms with van der Waals surface area (Å²) in [6.45, 7) is 1.47. The molecule has 0 spiro atoms. The number of ether oxygens (including phenoxy) is 2. The molecule has 0 atom stereocenters. The summed E-state index contributed by atoms with van der Waals surface area (Å²) in [4.78, 5) is 0.412. The lowest BCUT2D eigenvalue weighted by Gasteiger charge is -2.25. The van der Waals surface area contributed by atoms with Gasteiger partial charge < -0.3 is 15.2 Å². The van der Waals surface area contributed by atoms with Gasteiger partial charge >= 0.3 is 0 Å². The van der Waals surface area contributed by atoms with Crippen LogP contribution in [0.15, 0.2) is 24.3 Å². The molecule has 1 aliphatic rings. The number of nitrogens with two attached hydrogens (primary N) is 1. The predicted molar refractivity (Wildman–Crippen MR) is 76.0 cm³/mol. The van der Waals surface area contributed by atoms with Crippen molar-refractivity contribution in [1.29, 1.82) is 0 Å². The zero-order valence-corrected chi connectivity index (χ0v) is 11.2. The predicted octanol–water partition coefficient (Wildman–Crippen LogP) is 2.66. The van der Waals surface area contributed by atoms with Crippen molar-refractivity contribution in [3.8, 4) is 5.75 Å². The number of hydrogen-bond acceptors (Lipinski definition) is 3. The summed E-state index contributed by atoms with van der Waals surface area (Å²) in [7, 11) is 0. The molecule has 0 heterocycles. The Morgan fingerprint density at radius 3 is 2.50 bits per heavy atom. The summed E-state index contributed by atoms with van der Waals surface area (Å²) in [5.74, 6) is 0.846. The largest absolute Gasteiger partial charge is 0.494 e. The van der Waals surface area contributed by atoms with Gasteiger partial charge in [0.05, 0.1) is 19.3 Å². The Morgan fingerprint density at radius 1 is 1.22 bits per heavy atom. The van der Waals surface area contributed by atoms with Gasteiger partial charge in [0.15, 0.2) is 0 Å². The molecule has 0 unspecified atom stereocenters. The Balaban J connectivity index is 1.61. The lowest BCUT2D eigenvalue weighted by atomic mass is 9.96. The van der Waals surface area contributed by atoms with Crippen molar-refractivity contribution in [3.63, 3.8) is 0 Å². The number of benzene rings is 1. The molecule has 1 aliphatic carbocycles. The van der Waals surface area contributed by atoms with Crippen LogP contribution in [0.4, 0.5) is 0 Å². The van der Waals surface area contributed by atoms with Crippen molar-refractivity contribution < 1.29 is 9.47 Å². The minimum absolute atomic E-state index is 0.412. The Labute approximate surface area is 113 Å². The maximum Gasteiger partial charge on any atom is 0.119 e. The van der Waals surface area contributed by atoms with E-state index in [4.69, 9.17) is 27.4 Å². The lowest BCUT2D eigenvalue weighted by Crippen LogP contribution is -2.22. The molecule has 2 rings (SSSR count). The normalized spacial score (nSPS) is 15.1. The van der Waals surface area contributed by atoms with Crippen LogP contribution in [0.1, 0.15) is 31.2 Å². The second-order valence-corrected chi connectivity index (χ2v) is 4.95. The van der Waals surface area contributed by atoms with Crippen LogP contribution < -0.4 is 10.5 Å². The van der Waals surface area contributed by atoms with Gasteiger partial charge in [0.1, 0.15) is 10.7 Å². The van der Waals surface area contributed by atoms with Crippen LogP contribution in [0.5, 0.6) is 5.75 Å². The Morgan fingerprint density at radius 2 is 1.94 bits per heavy atom. The van der Waals surface area contributed by atoms with E-state index in [1.807, 2.05) is 24.3 Å². The number of thiocarbonyl (C=S) groups is 1. The third-order valence-electron chi connectivity index (χ3n) is 3.10. The molecule has 1 saturated carbocycles. The van der Waals surface area contributed by atoms with Crippen molar-refractivity contribution >= 4 is 17.2 Å². The van der Waals surface area contributed by atoms with Gasteiger partial charge in [-0.2, -0.15) is 0 Å². The Hall–Kier alpha value is -1.13. The molecule has 0 aromatic heterocycles. The third kappa shape index (κ3) is 3.96. The highest BCUT2D eigenvalue weighted by Crippen LogP contribution is 2.21. The molecule has 0 saturated heterocycles. The SMILES string of the molecule is NC(=S)c1ccc(OCCCOC2CCC2)cc1. The molecule has 1 fully saturated rings. The Bertz CT molecular complexity index is 387. The van der Waals surface area contributed by atoms with Gasteiger partial charge in [-0.1, -0.05) is 12.2 Å². The second-order valence-electron chi connectivity index (χ2n) is 4.51. The van der Waals surface area contributed by atoms with E-state index in [1.165, 1.54) is 19.3 Å². The van der Waals surface area contributed by atoms with Gasteiger partial charge in [-0.25, -0.2) is 0 Å². The van der Waals surface area contributed by atoms with Gasteiger partial charge in [0, 0.05) is 12.0 Å². The fraction of sp³-hybridized carbons (Fsp3) is 0.500. The maximum absolute atomic E-state index is 5.65. The van der Waals surface area contributed by atoms with E-state index in [-0.39, 0.29) is 0 Å². The van der Waals surface area contributed by atoms with E-state index >= 15 is 0 Å². The zero-order valence-electron chi connectivity index (χ0n) is 10.4. The molecule has 3 nitrogen and oxygen atoms in total. The zero-order chi connectivity index (χ0) is 12.8. The summed E-state index contributed by atoms with van der Waals surface area (Å²) in [6, 6.07) is 7.54. The highest BCUT2D eigenvalue weighted by Gasteiger charge is 2.16. The molecular formula is C14H19NO2S. The van der Waals surface area contributed by atoms with Gasteiger partial charge in [0.2, 0.25) is 0 Å². The molecule has 4 heteroatoms. The van der Waals surface area contributed by atoms with Crippen molar-refractivity contribution in [2.24, 2.45) is 5.73 Å². The summed E-state index contributed by atoms with van der Waals surface area (Å²) in [5.41, 5.74) is 6.39. The van der Waals surface area contributed by atoms with E-state index in [0.29, 0.717) is 17.7 Å². The van der Waals surface area contributed by atoms with E-state index in [0.717, 1.165) is 24.3 Å². The highest BCUT2D eigenvalue weighted by atomic mass is 32.1.